The summed E-state index contributed by atoms with van der Waals surface area (Å²) in [5.74, 6) is 1.33. The zero-order chi connectivity index (χ0) is 30.3. The van der Waals surface area contributed by atoms with Crippen molar-refractivity contribution in [3.8, 4) is 16.9 Å². The normalized spacial score (nSPS) is 21.6. The number of carbonyl (C=O) groups excluding carboxylic acids is 2. The molecule has 3 aliphatic rings. The van der Waals surface area contributed by atoms with E-state index in [1.807, 2.05) is 13.0 Å². The third-order valence-corrected chi connectivity index (χ3v) is 9.69. The molecule has 222 valence electrons. The lowest BCUT2D eigenvalue weighted by molar-refractivity contribution is -0.146. The number of carbonyl (C=O) groups is 2. The van der Waals surface area contributed by atoms with Crippen LogP contribution in [0.2, 0.25) is 0 Å². The molecular formula is C32H35BN4O6. The van der Waals surface area contributed by atoms with Crippen LogP contribution in [0.4, 0.5) is 4.79 Å². The Morgan fingerprint density at radius 3 is 2.51 bits per heavy atom. The lowest BCUT2D eigenvalue weighted by Gasteiger charge is -2.49. The number of aromatic nitrogens is 2. The molecule has 11 heteroatoms. The van der Waals surface area contributed by atoms with Gasteiger partial charge in [0, 0.05) is 17.5 Å². The number of hydrogen-bond donors (Lipinski definition) is 2. The minimum atomic E-state index is -0.635. The van der Waals surface area contributed by atoms with Crippen molar-refractivity contribution in [1.82, 2.24) is 20.2 Å². The summed E-state index contributed by atoms with van der Waals surface area (Å²) in [5.41, 5.74) is 4.54. The summed E-state index contributed by atoms with van der Waals surface area (Å²) in [5, 5.41) is 4.49. The maximum Gasteiger partial charge on any atom is 0.494 e. The number of benzene rings is 3. The van der Waals surface area contributed by atoms with E-state index in [4.69, 9.17) is 19.0 Å². The van der Waals surface area contributed by atoms with Gasteiger partial charge in [0.1, 0.15) is 24.7 Å². The molecule has 1 unspecified atom stereocenters. The second-order valence-electron chi connectivity index (χ2n) is 12.8. The summed E-state index contributed by atoms with van der Waals surface area (Å²) in [6, 6.07) is 14.7. The summed E-state index contributed by atoms with van der Waals surface area (Å²) in [6.07, 6.45) is 0.127. The Morgan fingerprint density at radius 2 is 1.81 bits per heavy atom. The molecule has 2 N–H and O–H groups in total. The molecule has 0 aliphatic carbocycles. The van der Waals surface area contributed by atoms with Crippen LogP contribution in [0.3, 0.4) is 0 Å². The predicted octanol–water partition coefficient (Wildman–Crippen LogP) is 4.38. The lowest BCUT2D eigenvalue weighted by Crippen LogP contribution is -2.60. The summed E-state index contributed by atoms with van der Waals surface area (Å²) < 4.78 is 23.4. The Labute approximate surface area is 250 Å². The number of imidazole rings is 1. The number of amides is 2. The molecule has 1 aromatic heterocycles. The monoisotopic (exact) mass is 582 g/mol. The van der Waals surface area contributed by atoms with E-state index in [0.29, 0.717) is 19.0 Å². The molecule has 4 heterocycles. The van der Waals surface area contributed by atoms with Crippen molar-refractivity contribution in [2.45, 2.75) is 64.4 Å². The molecule has 10 nitrogen and oxygen atoms in total. The number of H-pyrrole nitrogens is 1. The fourth-order valence-corrected chi connectivity index (χ4v) is 6.21. The number of likely N-dealkylation sites (tertiary alicyclic amines) is 1. The minimum Gasteiger partial charge on any atom is -0.488 e. The van der Waals surface area contributed by atoms with Crippen LogP contribution >= 0.6 is 0 Å². The quantitative estimate of drug-likeness (QED) is 0.344. The van der Waals surface area contributed by atoms with Crippen LogP contribution in [0, 0.1) is 0 Å². The first-order valence-electron chi connectivity index (χ1n) is 14.6. The molecule has 0 bridgehead atoms. The van der Waals surface area contributed by atoms with Crippen LogP contribution in [-0.2, 0) is 31.0 Å². The second-order valence-corrected chi connectivity index (χ2v) is 12.8. The summed E-state index contributed by atoms with van der Waals surface area (Å²) in [4.78, 5) is 34.5. The first kappa shape index (κ1) is 27.7. The van der Waals surface area contributed by atoms with Gasteiger partial charge in [-0.25, -0.2) is 9.78 Å². The molecule has 0 spiro atoms. The minimum absolute atomic E-state index is 0.130. The highest BCUT2D eigenvalue weighted by molar-refractivity contribution is 6.62. The topological polar surface area (TPSA) is 115 Å². The van der Waals surface area contributed by atoms with Gasteiger partial charge in [-0.2, -0.15) is 0 Å². The number of hydrogen-bond acceptors (Lipinski definition) is 7. The van der Waals surface area contributed by atoms with E-state index in [0.717, 1.165) is 56.1 Å². The van der Waals surface area contributed by atoms with Crippen molar-refractivity contribution in [2.75, 3.05) is 20.2 Å². The van der Waals surface area contributed by atoms with Gasteiger partial charge in [0.15, 0.2) is 0 Å². The first-order chi connectivity index (χ1) is 20.4. The van der Waals surface area contributed by atoms with Gasteiger partial charge >= 0.3 is 13.2 Å². The van der Waals surface area contributed by atoms with Crippen LogP contribution in [-0.4, -0.2) is 65.4 Å². The van der Waals surface area contributed by atoms with Crippen molar-refractivity contribution in [3.63, 3.8) is 0 Å². The second kappa shape index (κ2) is 9.46. The fraction of sp³-hybridized carbons (Fsp3) is 0.406. The van der Waals surface area contributed by atoms with Crippen molar-refractivity contribution in [2.24, 2.45) is 0 Å². The predicted molar refractivity (Wildman–Crippen MR) is 163 cm³/mol. The van der Waals surface area contributed by atoms with Gasteiger partial charge < -0.3 is 34.0 Å². The first-order valence-corrected chi connectivity index (χ1v) is 14.6. The standard InChI is InChI=1S/C32H35BN4O6/c1-30(2)31(3,4)43-33(42-30)20-8-9-21-19(13-20)17-41-25-15-22-18(14-23(21)25)7-10-24-27(22)36-28(35-24)32(5)11-12-37(32)26(38)16-34-29(39)40-6/h7-10,13-15H,11-12,16-17H2,1-6H3,(H,34,39)(H,35,36). The lowest BCUT2D eigenvalue weighted by atomic mass is 9.77. The number of alkyl carbamates (subject to hydrolysis) is 1. The van der Waals surface area contributed by atoms with Crippen molar-refractivity contribution in [1.29, 1.82) is 0 Å². The van der Waals surface area contributed by atoms with Crippen LogP contribution in [0.25, 0.3) is 32.9 Å². The van der Waals surface area contributed by atoms with E-state index in [-0.39, 0.29) is 12.5 Å². The Kier molecular flexibility index (Phi) is 6.10. The molecule has 0 saturated carbocycles. The molecule has 43 heavy (non-hydrogen) atoms. The largest absolute Gasteiger partial charge is 0.494 e. The van der Waals surface area contributed by atoms with Gasteiger partial charge in [-0.1, -0.05) is 24.3 Å². The number of rotatable bonds is 4. The Morgan fingerprint density at radius 1 is 1.05 bits per heavy atom. The van der Waals surface area contributed by atoms with E-state index in [1.165, 1.54) is 7.11 Å². The van der Waals surface area contributed by atoms with Gasteiger partial charge in [-0.15, -0.1) is 0 Å². The maximum atomic E-state index is 12.9. The summed E-state index contributed by atoms with van der Waals surface area (Å²) in [6.45, 7) is 11.1. The van der Waals surface area contributed by atoms with Gasteiger partial charge in [-0.3, -0.25) is 4.79 Å². The third-order valence-electron chi connectivity index (χ3n) is 9.69. The van der Waals surface area contributed by atoms with Gasteiger partial charge in [-0.05, 0) is 81.2 Å². The molecule has 2 amide bonds. The highest BCUT2D eigenvalue weighted by Gasteiger charge is 2.52. The molecule has 4 aromatic rings. The number of fused-ring (bicyclic) bond motifs is 6. The highest BCUT2D eigenvalue weighted by atomic mass is 16.7. The highest BCUT2D eigenvalue weighted by Crippen LogP contribution is 2.44. The third kappa shape index (κ3) is 4.28. The Hall–Kier alpha value is -4.09. The summed E-state index contributed by atoms with van der Waals surface area (Å²) in [7, 11) is 0.842. The number of nitrogens with one attached hydrogen (secondary N) is 2. The van der Waals surface area contributed by atoms with E-state index in [9.17, 15) is 9.59 Å². The van der Waals surface area contributed by atoms with Gasteiger partial charge in [0.25, 0.3) is 0 Å². The Balaban J connectivity index is 1.20. The number of aromatic amines is 1. The number of methoxy groups -OCH3 is 1. The van der Waals surface area contributed by atoms with Crippen LogP contribution in [0.5, 0.6) is 5.75 Å². The van der Waals surface area contributed by atoms with Gasteiger partial charge in [0.05, 0.1) is 34.9 Å². The smallest absolute Gasteiger partial charge is 0.488 e. The SMILES string of the molecule is COC(=O)NCC(=O)N1CCC1(C)c1nc2c(ccc3cc4c(cc32)OCc2cc(B3OC(C)(C)C(C)(C)O3)ccc2-4)[nH]1. The molecule has 2 fully saturated rings. The van der Waals surface area contributed by atoms with Gasteiger partial charge in [0.2, 0.25) is 5.91 Å². The average Bonchev–Trinajstić information content (AvgIpc) is 3.51. The molecule has 2 saturated heterocycles. The molecular weight excluding hydrogens is 547 g/mol. The van der Waals surface area contributed by atoms with Crippen LogP contribution in [0.1, 0.15) is 52.4 Å². The van der Waals surface area contributed by atoms with E-state index in [2.05, 4.69) is 79.1 Å². The molecule has 0 radical (unpaired) electrons. The van der Waals surface area contributed by atoms with Crippen molar-refractivity contribution >= 4 is 46.4 Å². The molecule has 7 rings (SSSR count). The maximum absolute atomic E-state index is 12.9. The van der Waals surface area contributed by atoms with Crippen molar-refractivity contribution in [3.05, 3.63) is 53.9 Å². The zero-order valence-corrected chi connectivity index (χ0v) is 25.3. The zero-order valence-electron chi connectivity index (χ0n) is 25.3. The molecule has 3 aromatic carbocycles. The average molecular weight is 582 g/mol. The van der Waals surface area contributed by atoms with Crippen LogP contribution in [0.15, 0.2) is 42.5 Å². The fourth-order valence-electron chi connectivity index (χ4n) is 6.21. The van der Waals surface area contributed by atoms with E-state index in [1.54, 1.807) is 4.90 Å². The summed E-state index contributed by atoms with van der Waals surface area (Å²) >= 11 is 0. The number of ether oxygens (including phenoxy) is 2. The Bertz CT molecular complexity index is 1800. The van der Waals surface area contributed by atoms with Crippen molar-refractivity contribution < 1.29 is 28.4 Å². The van der Waals surface area contributed by atoms with Crippen LogP contribution < -0.4 is 15.5 Å². The number of nitrogens with zero attached hydrogens (tertiary/aromatic N) is 2. The van der Waals surface area contributed by atoms with E-state index < -0.39 is 30.0 Å². The van der Waals surface area contributed by atoms with E-state index >= 15 is 0 Å². The molecule has 3 aliphatic heterocycles. The molecule has 1 atom stereocenters.